The van der Waals surface area contributed by atoms with Crippen molar-refractivity contribution in [1.29, 1.82) is 0 Å². The van der Waals surface area contributed by atoms with Gasteiger partial charge in [-0.2, -0.15) is 0 Å². The Labute approximate surface area is 174 Å². The van der Waals surface area contributed by atoms with E-state index in [9.17, 15) is 9.59 Å². The standard InChI is InChI=1S/C21H22Cl2N2O3/c1-28-21(27)14-7-9-16(10-8-14)24-20(26)15-4-3-11-25(12-15)13-17-18(22)5-2-6-19(17)23/h2,5-10,15H,3-4,11-13H2,1H3,(H,24,26). The number of halogens is 2. The van der Waals surface area contributed by atoms with Crippen LogP contribution in [0.25, 0.3) is 0 Å². The summed E-state index contributed by atoms with van der Waals surface area (Å²) in [6.45, 7) is 2.17. The fraction of sp³-hybridized carbons (Fsp3) is 0.333. The molecule has 0 saturated carbocycles. The number of anilines is 1. The molecule has 1 unspecified atom stereocenters. The van der Waals surface area contributed by atoms with Crippen LogP contribution in [-0.4, -0.2) is 37.0 Å². The third-order valence-corrected chi connectivity index (χ3v) is 5.60. The minimum atomic E-state index is -0.404. The number of hydrogen-bond acceptors (Lipinski definition) is 4. The molecule has 1 N–H and O–H groups in total. The molecule has 5 nitrogen and oxygen atoms in total. The average molecular weight is 421 g/mol. The largest absolute Gasteiger partial charge is 0.465 e. The summed E-state index contributed by atoms with van der Waals surface area (Å²) in [6.07, 6.45) is 1.76. The van der Waals surface area contributed by atoms with Crippen LogP contribution in [0.3, 0.4) is 0 Å². The zero-order chi connectivity index (χ0) is 20.1. The van der Waals surface area contributed by atoms with E-state index < -0.39 is 5.97 Å². The minimum Gasteiger partial charge on any atom is -0.465 e. The Balaban J connectivity index is 1.60. The Morgan fingerprint density at radius 2 is 1.82 bits per heavy atom. The molecule has 1 fully saturated rings. The Kier molecular flexibility index (Phi) is 6.94. The maximum atomic E-state index is 12.7. The number of esters is 1. The number of piperidine rings is 1. The zero-order valence-corrected chi connectivity index (χ0v) is 17.1. The molecule has 1 aliphatic heterocycles. The Morgan fingerprint density at radius 1 is 1.14 bits per heavy atom. The predicted molar refractivity (Wildman–Crippen MR) is 111 cm³/mol. The van der Waals surface area contributed by atoms with E-state index >= 15 is 0 Å². The van der Waals surface area contributed by atoms with Gasteiger partial charge in [0, 0.05) is 34.4 Å². The number of rotatable bonds is 5. The Bertz CT molecular complexity index is 835. The van der Waals surface area contributed by atoms with Crippen LogP contribution in [0.1, 0.15) is 28.8 Å². The highest BCUT2D eigenvalue weighted by Crippen LogP contribution is 2.28. The summed E-state index contributed by atoms with van der Waals surface area (Å²) >= 11 is 12.6. The number of carbonyl (C=O) groups excluding carboxylic acids is 2. The maximum absolute atomic E-state index is 12.7. The molecule has 2 aromatic carbocycles. The number of amides is 1. The minimum absolute atomic E-state index is 0.0271. The van der Waals surface area contributed by atoms with E-state index in [0.29, 0.717) is 34.4 Å². The fourth-order valence-electron chi connectivity index (χ4n) is 3.37. The first kappa shape index (κ1) is 20.6. The SMILES string of the molecule is COC(=O)c1ccc(NC(=O)C2CCCN(Cc3c(Cl)cccc3Cl)C2)cc1. The Hall–Kier alpha value is -2.08. The zero-order valence-electron chi connectivity index (χ0n) is 15.6. The summed E-state index contributed by atoms with van der Waals surface area (Å²) in [5, 5.41) is 4.22. The fourth-order valence-corrected chi connectivity index (χ4v) is 3.89. The molecule has 1 aliphatic rings. The van der Waals surface area contributed by atoms with Crippen molar-refractivity contribution in [3.8, 4) is 0 Å². The molecule has 2 aromatic rings. The molecular formula is C21H22Cl2N2O3. The van der Waals surface area contributed by atoms with Gasteiger partial charge in [0.15, 0.2) is 0 Å². The van der Waals surface area contributed by atoms with Gasteiger partial charge in [-0.05, 0) is 55.8 Å². The normalized spacial score (nSPS) is 17.2. The summed E-state index contributed by atoms with van der Waals surface area (Å²) in [4.78, 5) is 26.4. The molecule has 1 heterocycles. The quantitative estimate of drug-likeness (QED) is 0.716. The molecule has 7 heteroatoms. The van der Waals surface area contributed by atoms with Gasteiger partial charge in [0.05, 0.1) is 18.6 Å². The van der Waals surface area contributed by atoms with Crippen LogP contribution in [-0.2, 0) is 16.1 Å². The van der Waals surface area contributed by atoms with Gasteiger partial charge in [0.25, 0.3) is 0 Å². The van der Waals surface area contributed by atoms with Crippen molar-refractivity contribution < 1.29 is 14.3 Å². The van der Waals surface area contributed by atoms with E-state index in [1.807, 2.05) is 18.2 Å². The first-order chi connectivity index (χ1) is 13.5. The number of nitrogens with one attached hydrogen (secondary N) is 1. The number of methoxy groups -OCH3 is 1. The van der Waals surface area contributed by atoms with Crippen molar-refractivity contribution in [2.75, 3.05) is 25.5 Å². The van der Waals surface area contributed by atoms with E-state index in [2.05, 4.69) is 15.0 Å². The van der Waals surface area contributed by atoms with Crippen LogP contribution in [0.5, 0.6) is 0 Å². The maximum Gasteiger partial charge on any atom is 0.337 e. The van der Waals surface area contributed by atoms with Crippen molar-refractivity contribution in [2.45, 2.75) is 19.4 Å². The molecule has 148 valence electrons. The molecular weight excluding hydrogens is 399 g/mol. The smallest absolute Gasteiger partial charge is 0.337 e. The molecule has 28 heavy (non-hydrogen) atoms. The summed E-state index contributed by atoms with van der Waals surface area (Å²) in [5.41, 5.74) is 2.00. The van der Waals surface area contributed by atoms with Crippen molar-refractivity contribution in [3.63, 3.8) is 0 Å². The van der Waals surface area contributed by atoms with Crippen molar-refractivity contribution in [1.82, 2.24) is 4.90 Å². The monoisotopic (exact) mass is 420 g/mol. The van der Waals surface area contributed by atoms with Crippen LogP contribution in [0.15, 0.2) is 42.5 Å². The van der Waals surface area contributed by atoms with Crippen LogP contribution in [0.2, 0.25) is 10.0 Å². The van der Waals surface area contributed by atoms with Crippen molar-refractivity contribution in [2.24, 2.45) is 5.92 Å². The molecule has 1 saturated heterocycles. The molecule has 0 aromatic heterocycles. The summed E-state index contributed by atoms with van der Waals surface area (Å²) in [7, 11) is 1.34. The highest BCUT2D eigenvalue weighted by atomic mass is 35.5. The van der Waals surface area contributed by atoms with Crippen LogP contribution in [0, 0.1) is 5.92 Å². The van der Waals surface area contributed by atoms with Gasteiger partial charge in [-0.1, -0.05) is 29.3 Å². The lowest BCUT2D eigenvalue weighted by Gasteiger charge is -2.32. The van der Waals surface area contributed by atoms with Gasteiger partial charge >= 0.3 is 5.97 Å². The molecule has 1 atom stereocenters. The summed E-state index contributed by atoms with van der Waals surface area (Å²) in [6, 6.07) is 12.2. The van der Waals surface area contributed by atoms with Gasteiger partial charge < -0.3 is 10.1 Å². The number of benzene rings is 2. The third-order valence-electron chi connectivity index (χ3n) is 4.89. The highest BCUT2D eigenvalue weighted by molar-refractivity contribution is 6.35. The first-order valence-corrected chi connectivity index (χ1v) is 9.88. The summed E-state index contributed by atoms with van der Waals surface area (Å²) in [5.74, 6) is -0.546. The molecule has 0 spiro atoms. The second-order valence-electron chi connectivity index (χ2n) is 6.83. The van der Waals surface area contributed by atoms with Crippen molar-refractivity contribution in [3.05, 3.63) is 63.6 Å². The molecule has 0 bridgehead atoms. The van der Waals surface area contributed by atoms with Gasteiger partial charge in [-0.15, -0.1) is 0 Å². The highest BCUT2D eigenvalue weighted by Gasteiger charge is 2.26. The van der Waals surface area contributed by atoms with Gasteiger partial charge in [-0.3, -0.25) is 9.69 Å². The number of hydrogen-bond donors (Lipinski definition) is 1. The molecule has 0 aliphatic carbocycles. The lowest BCUT2D eigenvalue weighted by Crippen LogP contribution is -2.40. The Morgan fingerprint density at radius 3 is 2.46 bits per heavy atom. The lowest BCUT2D eigenvalue weighted by atomic mass is 9.96. The van der Waals surface area contributed by atoms with E-state index in [1.54, 1.807) is 24.3 Å². The van der Waals surface area contributed by atoms with Gasteiger partial charge in [0.1, 0.15) is 0 Å². The molecule has 1 amide bonds. The topological polar surface area (TPSA) is 58.6 Å². The van der Waals surface area contributed by atoms with E-state index in [-0.39, 0.29) is 11.8 Å². The molecule has 0 radical (unpaired) electrons. The van der Waals surface area contributed by atoms with Crippen LogP contribution in [0.4, 0.5) is 5.69 Å². The first-order valence-electron chi connectivity index (χ1n) is 9.12. The number of likely N-dealkylation sites (tertiary alicyclic amines) is 1. The number of ether oxygens (including phenoxy) is 1. The van der Waals surface area contributed by atoms with Crippen molar-refractivity contribution >= 4 is 40.8 Å². The predicted octanol–water partition coefficient (Wildman–Crippen LogP) is 4.63. The average Bonchev–Trinajstić information content (AvgIpc) is 2.71. The van der Waals surface area contributed by atoms with E-state index in [1.165, 1.54) is 7.11 Å². The second kappa shape index (κ2) is 9.41. The molecule has 3 rings (SSSR count). The summed E-state index contributed by atoms with van der Waals surface area (Å²) < 4.78 is 4.68. The van der Waals surface area contributed by atoms with E-state index in [4.69, 9.17) is 23.2 Å². The van der Waals surface area contributed by atoms with E-state index in [0.717, 1.165) is 24.9 Å². The van der Waals surface area contributed by atoms with Gasteiger partial charge in [-0.25, -0.2) is 4.79 Å². The second-order valence-corrected chi connectivity index (χ2v) is 7.65. The lowest BCUT2D eigenvalue weighted by molar-refractivity contribution is -0.121. The number of carbonyl (C=O) groups is 2. The van der Waals surface area contributed by atoms with Gasteiger partial charge in [0.2, 0.25) is 5.91 Å². The van der Waals surface area contributed by atoms with Crippen LogP contribution >= 0.6 is 23.2 Å². The van der Waals surface area contributed by atoms with Crippen LogP contribution < -0.4 is 5.32 Å². The third kappa shape index (κ3) is 5.04. The number of nitrogens with zero attached hydrogens (tertiary/aromatic N) is 1.